The predicted molar refractivity (Wildman–Crippen MR) is 124 cm³/mol. The molecule has 8 heteroatoms. The number of aliphatic carboxylic acids is 1. The van der Waals surface area contributed by atoms with E-state index in [2.05, 4.69) is 36.1 Å². The monoisotopic (exact) mass is 466 g/mol. The van der Waals surface area contributed by atoms with Crippen LogP contribution in [0, 0.1) is 5.92 Å². The Bertz CT molecular complexity index is 918. The Labute approximate surface area is 193 Å². The number of nitrogens with two attached hydrogens (primary N) is 1. The zero-order valence-corrected chi connectivity index (χ0v) is 19.0. The third-order valence-corrected chi connectivity index (χ3v) is 6.52. The van der Waals surface area contributed by atoms with Crippen molar-refractivity contribution in [2.75, 3.05) is 25.4 Å². The Kier molecular flexibility index (Phi) is 7.57. The molecule has 6 nitrogen and oxygen atoms in total. The largest absolute Gasteiger partial charge is 0.485 e. The number of nitrogen functional groups attached to an aromatic ring is 1. The first-order valence-electron chi connectivity index (χ1n) is 10.4. The Morgan fingerprint density at radius 3 is 2.58 bits per heavy atom. The van der Waals surface area contributed by atoms with Crippen LogP contribution in [0.3, 0.4) is 0 Å². The molecule has 1 fully saturated rings. The topological polar surface area (TPSA) is 85.0 Å². The van der Waals surface area contributed by atoms with Crippen LogP contribution in [0.4, 0.5) is 5.69 Å². The van der Waals surface area contributed by atoms with Gasteiger partial charge in [-0.3, -0.25) is 4.90 Å². The first-order valence-corrected chi connectivity index (χ1v) is 10.7. The van der Waals surface area contributed by atoms with E-state index in [1.54, 1.807) is 0 Å². The molecule has 2 unspecified atom stereocenters. The van der Waals surface area contributed by atoms with E-state index in [9.17, 15) is 9.90 Å². The molecule has 0 aliphatic carbocycles. The van der Waals surface area contributed by atoms with Crippen molar-refractivity contribution in [2.24, 2.45) is 5.92 Å². The minimum atomic E-state index is -1.08. The first-order chi connectivity index (χ1) is 14.4. The third kappa shape index (κ3) is 5.03. The number of hydrogen-bond acceptors (Lipinski definition) is 5. The summed E-state index contributed by atoms with van der Waals surface area (Å²) in [7, 11) is 0. The van der Waals surface area contributed by atoms with E-state index in [1.165, 1.54) is 5.56 Å². The number of hydrogen-bond donors (Lipinski definition) is 2. The lowest BCUT2D eigenvalue weighted by atomic mass is 9.88. The van der Waals surface area contributed by atoms with Gasteiger partial charge >= 0.3 is 5.97 Å². The molecule has 2 heterocycles. The van der Waals surface area contributed by atoms with Crippen LogP contribution >= 0.6 is 24.0 Å². The Hall–Kier alpha value is -2.15. The van der Waals surface area contributed by atoms with Crippen molar-refractivity contribution in [3.8, 4) is 11.5 Å². The Morgan fingerprint density at radius 1 is 1.26 bits per heavy atom. The van der Waals surface area contributed by atoms with Crippen LogP contribution in [0.2, 0.25) is 5.02 Å². The molecular formula is C23H28Cl2N2O4. The van der Waals surface area contributed by atoms with Crippen LogP contribution in [0.15, 0.2) is 36.4 Å². The maximum atomic E-state index is 11.3. The Balaban J connectivity index is 0.00000272. The zero-order valence-electron chi connectivity index (χ0n) is 17.4. The minimum absolute atomic E-state index is 0. The van der Waals surface area contributed by atoms with Crippen molar-refractivity contribution in [1.29, 1.82) is 0 Å². The first kappa shape index (κ1) is 23.5. The molecule has 0 saturated carbocycles. The van der Waals surface area contributed by atoms with Crippen LogP contribution < -0.4 is 15.2 Å². The highest BCUT2D eigenvalue weighted by atomic mass is 35.5. The molecule has 4 rings (SSSR count). The number of rotatable bonds is 5. The van der Waals surface area contributed by atoms with E-state index < -0.39 is 12.1 Å². The molecule has 2 aromatic rings. The lowest BCUT2D eigenvalue weighted by Crippen LogP contribution is -2.37. The molecule has 0 spiro atoms. The molecule has 1 saturated heterocycles. The van der Waals surface area contributed by atoms with Crippen molar-refractivity contribution in [3.05, 3.63) is 52.5 Å². The average molecular weight is 467 g/mol. The smallest absolute Gasteiger partial charge is 0.348 e. The predicted octanol–water partition coefficient (Wildman–Crippen LogP) is 4.58. The normalized spacial score (nSPS) is 20.0. The van der Waals surface area contributed by atoms with Crippen molar-refractivity contribution < 1.29 is 19.4 Å². The highest BCUT2D eigenvalue weighted by Gasteiger charge is 2.32. The summed E-state index contributed by atoms with van der Waals surface area (Å²) >= 11 is 6.31. The molecule has 168 valence electrons. The van der Waals surface area contributed by atoms with Gasteiger partial charge in [0.15, 0.2) is 11.5 Å². The van der Waals surface area contributed by atoms with Crippen molar-refractivity contribution in [1.82, 2.24) is 4.90 Å². The van der Waals surface area contributed by atoms with Gasteiger partial charge in [0.25, 0.3) is 0 Å². The second-order valence-corrected chi connectivity index (χ2v) is 8.52. The average Bonchev–Trinajstić information content (AvgIpc) is 2.77. The van der Waals surface area contributed by atoms with Gasteiger partial charge in [-0.2, -0.15) is 0 Å². The standard InChI is InChI=1S/C23H27ClN2O4.ClH/c1-14(16-5-3-2-4-6-16)26-9-7-15(8-10-26)11-17-12-18(24)20(25)22-21(17)29-13-19(30-22)23(27)28;/h2-6,12,14-15,19H,7-11,13,25H2,1H3,(H,27,28);1H. The number of ether oxygens (including phenoxy) is 2. The van der Waals surface area contributed by atoms with Gasteiger partial charge in [-0.15, -0.1) is 12.4 Å². The van der Waals surface area contributed by atoms with Gasteiger partial charge in [0.2, 0.25) is 6.10 Å². The molecule has 2 aliphatic rings. The van der Waals surface area contributed by atoms with Gasteiger partial charge in [0.05, 0.1) is 10.7 Å². The van der Waals surface area contributed by atoms with Gasteiger partial charge in [-0.1, -0.05) is 41.9 Å². The van der Waals surface area contributed by atoms with Crippen LogP contribution in [0.25, 0.3) is 0 Å². The second-order valence-electron chi connectivity index (χ2n) is 8.12. The molecule has 2 atom stereocenters. The number of carbonyl (C=O) groups is 1. The lowest BCUT2D eigenvalue weighted by molar-refractivity contribution is -0.147. The molecule has 3 N–H and O–H groups in total. The summed E-state index contributed by atoms with van der Waals surface area (Å²) in [5.74, 6) is 0.205. The van der Waals surface area contributed by atoms with Crippen molar-refractivity contribution in [2.45, 2.75) is 38.3 Å². The SMILES string of the molecule is CC(c1ccccc1)N1CCC(Cc2cc(Cl)c(N)c3c2OCC(C(=O)O)O3)CC1.Cl. The number of likely N-dealkylation sites (tertiary alicyclic amines) is 1. The highest BCUT2D eigenvalue weighted by molar-refractivity contribution is 6.33. The molecule has 2 aliphatic heterocycles. The maximum absolute atomic E-state index is 11.3. The molecular weight excluding hydrogens is 439 g/mol. The number of carboxylic acids is 1. The van der Waals surface area contributed by atoms with Gasteiger partial charge in [0, 0.05) is 6.04 Å². The van der Waals surface area contributed by atoms with E-state index in [4.69, 9.17) is 26.8 Å². The maximum Gasteiger partial charge on any atom is 0.348 e. The summed E-state index contributed by atoms with van der Waals surface area (Å²) in [6.45, 7) is 4.29. The zero-order chi connectivity index (χ0) is 21.3. The van der Waals surface area contributed by atoms with Gasteiger partial charge < -0.3 is 20.3 Å². The molecule has 0 aromatic heterocycles. The van der Waals surface area contributed by atoms with Crippen LogP contribution in [0.5, 0.6) is 11.5 Å². The van der Waals surface area contributed by atoms with Gasteiger partial charge in [-0.25, -0.2) is 4.79 Å². The fraction of sp³-hybridized carbons (Fsp3) is 0.435. The number of fused-ring (bicyclic) bond motifs is 1. The molecule has 31 heavy (non-hydrogen) atoms. The third-order valence-electron chi connectivity index (χ3n) is 6.20. The van der Waals surface area contributed by atoms with E-state index in [1.807, 2.05) is 12.1 Å². The summed E-state index contributed by atoms with van der Waals surface area (Å²) in [4.78, 5) is 13.8. The number of anilines is 1. The molecule has 0 bridgehead atoms. The fourth-order valence-corrected chi connectivity index (χ4v) is 4.57. The number of nitrogens with zero attached hydrogens (tertiary/aromatic N) is 1. The summed E-state index contributed by atoms with van der Waals surface area (Å²) < 4.78 is 11.4. The number of halogens is 2. The fourth-order valence-electron chi connectivity index (χ4n) is 4.35. The van der Waals surface area contributed by atoms with Crippen molar-refractivity contribution in [3.63, 3.8) is 0 Å². The van der Waals surface area contributed by atoms with Crippen LogP contribution in [0.1, 0.15) is 36.9 Å². The van der Waals surface area contributed by atoms with E-state index >= 15 is 0 Å². The van der Waals surface area contributed by atoms with Crippen LogP contribution in [-0.2, 0) is 11.2 Å². The number of carboxylic acid groups (broad SMARTS) is 1. The van der Waals surface area contributed by atoms with E-state index in [0.717, 1.165) is 37.9 Å². The van der Waals surface area contributed by atoms with E-state index in [-0.39, 0.29) is 30.5 Å². The number of benzene rings is 2. The molecule has 2 aromatic carbocycles. The van der Waals surface area contributed by atoms with Crippen LogP contribution in [-0.4, -0.2) is 41.8 Å². The number of piperidine rings is 1. The molecule has 0 radical (unpaired) electrons. The molecule has 0 amide bonds. The summed E-state index contributed by atoms with van der Waals surface area (Å²) in [5, 5.41) is 9.59. The quantitative estimate of drug-likeness (QED) is 0.626. The van der Waals surface area contributed by atoms with Gasteiger partial charge in [0.1, 0.15) is 6.61 Å². The summed E-state index contributed by atoms with van der Waals surface area (Å²) in [6, 6.07) is 12.8. The van der Waals surface area contributed by atoms with Gasteiger partial charge in [-0.05, 0) is 62.4 Å². The van der Waals surface area contributed by atoms with E-state index in [0.29, 0.717) is 22.7 Å². The minimum Gasteiger partial charge on any atom is -0.485 e. The Morgan fingerprint density at radius 2 is 1.94 bits per heavy atom. The second kappa shape index (κ2) is 9.98. The summed E-state index contributed by atoms with van der Waals surface area (Å²) in [6.07, 6.45) is 1.88. The van der Waals surface area contributed by atoms with Crippen molar-refractivity contribution >= 4 is 35.7 Å². The highest BCUT2D eigenvalue weighted by Crippen LogP contribution is 2.45. The summed E-state index contributed by atoms with van der Waals surface area (Å²) in [5.41, 5.74) is 8.54. The lowest BCUT2D eigenvalue weighted by Gasteiger charge is -2.36.